The number of likely N-dealkylation sites (tertiary alicyclic amines) is 1. The summed E-state index contributed by atoms with van der Waals surface area (Å²) in [4.78, 5) is 28.2. The quantitative estimate of drug-likeness (QED) is 0.800. The summed E-state index contributed by atoms with van der Waals surface area (Å²) in [5.41, 5.74) is 1.18. The number of hydrogen-bond donors (Lipinski definition) is 2. The molecule has 3 saturated carbocycles. The molecule has 2 amide bonds. The minimum atomic E-state index is -0.406. The Labute approximate surface area is 160 Å². The Kier molecular flexibility index (Phi) is 3.78. The van der Waals surface area contributed by atoms with E-state index < -0.39 is 5.66 Å². The normalized spacial score (nSPS) is 37.5. The van der Waals surface area contributed by atoms with E-state index in [1.54, 1.807) is 0 Å². The van der Waals surface area contributed by atoms with Crippen LogP contribution in [-0.2, 0) is 4.79 Å². The van der Waals surface area contributed by atoms with Crippen LogP contribution >= 0.6 is 0 Å². The van der Waals surface area contributed by atoms with Gasteiger partial charge in [-0.2, -0.15) is 0 Å². The third kappa shape index (κ3) is 2.58. The second kappa shape index (κ2) is 5.98. The molecule has 1 aromatic rings. The minimum absolute atomic E-state index is 0.0133. The van der Waals surface area contributed by atoms with Gasteiger partial charge in [-0.25, -0.2) is 0 Å². The van der Waals surface area contributed by atoms with Crippen LogP contribution < -0.4 is 10.6 Å². The molecule has 0 radical (unpaired) electrons. The zero-order valence-corrected chi connectivity index (χ0v) is 16.1. The smallest absolute Gasteiger partial charge is 0.255 e. The molecule has 3 aliphatic carbocycles. The molecule has 2 bridgehead atoms. The Morgan fingerprint density at radius 1 is 1.15 bits per heavy atom. The van der Waals surface area contributed by atoms with Crippen LogP contribution in [0.5, 0.6) is 0 Å². The molecular formula is C22H29N3O2. The maximum Gasteiger partial charge on any atom is 0.255 e. The zero-order chi connectivity index (χ0) is 18.6. The maximum atomic E-state index is 13.3. The average molecular weight is 367 g/mol. The number of hydrogen-bond acceptors (Lipinski definition) is 3. The summed E-state index contributed by atoms with van der Waals surface area (Å²) in [6.45, 7) is 4.11. The molecule has 0 unspecified atom stereocenters. The Morgan fingerprint density at radius 3 is 2.70 bits per heavy atom. The number of amides is 2. The van der Waals surface area contributed by atoms with Crippen LogP contribution in [0.1, 0.15) is 62.2 Å². The van der Waals surface area contributed by atoms with E-state index >= 15 is 0 Å². The topological polar surface area (TPSA) is 61.4 Å². The molecule has 2 N–H and O–H groups in total. The molecule has 0 aromatic heterocycles. The van der Waals surface area contributed by atoms with E-state index in [-0.39, 0.29) is 17.2 Å². The van der Waals surface area contributed by atoms with Crippen molar-refractivity contribution in [1.29, 1.82) is 0 Å². The van der Waals surface area contributed by atoms with E-state index in [0.29, 0.717) is 11.8 Å². The zero-order valence-electron chi connectivity index (χ0n) is 16.1. The van der Waals surface area contributed by atoms with Crippen molar-refractivity contribution in [1.82, 2.24) is 10.2 Å². The predicted molar refractivity (Wildman–Crippen MR) is 104 cm³/mol. The van der Waals surface area contributed by atoms with Gasteiger partial charge in [0.15, 0.2) is 0 Å². The van der Waals surface area contributed by atoms with Gasteiger partial charge < -0.3 is 15.5 Å². The van der Waals surface area contributed by atoms with Crippen LogP contribution in [0.2, 0.25) is 0 Å². The van der Waals surface area contributed by atoms with Gasteiger partial charge in [-0.1, -0.05) is 19.1 Å². The summed E-state index contributed by atoms with van der Waals surface area (Å²) >= 11 is 0. The molecule has 144 valence electrons. The SMILES string of the molecule is C[C@@]12CC[C@@H](C[C@H]1C(=O)N1CCCCC1)[C@@]1(C2)NC(=O)c2ccccc2N1. The lowest BCUT2D eigenvalue weighted by atomic mass is 9.51. The number of benzene rings is 1. The van der Waals surface area contributed by atoms with Crippen LogP contribution in [0, 0.1) is 17.3 Å². The van der Waals surface area contributed by atoms with Crippen molar-refractivity contribution >= 4 is 17.5 Å². The first-order chi connectivity index (χ1) is 13.0. The largest absolute Gasteiger partial charge is 0.362 e. The van der Waals surface area contributed by atoms with Crippen molar-refractivity contribution in [2.45, 2.75) is 57.5 Å². The van der Waals surface area contributed by atoms with E-state index in [9.17, 15) is 9.59 Å². The van der Waals surface area contributed by atoms with Crippen LogP contribution in [0.3, 0.4) is 0 Å². The summed E-state index contributed by atoms with van der Waals surface area (Å²) < 4.78 is 0. The highest BCUT2D eigenvalue weighted by Crippen LogP contribution is 2.58. The van der Waals surface area contributed by atoms with Gasteiger partial charge in [0.1, 0.15) is 5.66 Å². The van der Waals surface area contributed by atoms with Gasteiger partial charge in [-0.15, -0.1) is 0 Å². The number of nitrogens with one attached hydrogen (secondary N) is 2. The molecule has 4 fully saturated rings. The fourth-order valence-corrected chi connectivity index (χ4v) is 6.16. The molecular weight excluding hydrogens is 338 g/mol. The molecule has 1 spiro atoms. The van der Waals surface area contributed by atoms with Crippen LogP contribution in [-0.4, -0.2) is 35.5 Å². The van der Waals surface area contributed by atoms with Crippen LogP contribution in [0.15, 0.2) is 24.3 Å². The number of piperidine rings is 1. The van der Waals surface area contributed by atoms with Gasteiger partial charge in [0.05, 0.1) is 5.56 Å². The number of para-hydroxylation sites is 1. The average Bonchev–Trinajstić information content (AvgIpc) is 2.68. The summed E-state index contributed by atoms with van der Waals surface area (Å²) in [6.07, 6.45) is 7.36. The fraction of sp³-hybridized carbons (Fsp3) is 0.636. The Bertz CT molecular complexity index is 788. The highest BCUT2D eigenvalue weighted by Gasteiger charge is 2.60. The van der Waals surface area contributed by atoms with Gasteiger partial charge in [0, 0.05) is 30.6 Å². The van der Waals surface area contributed by atoms with Gasteiger partial charge >= 0.3 is 0 Å². The van der Waals surface area contributed by atoms with E-state index in [1.165, 1.54) is 6.42 Å². The van der Waals surface area contributed by atoms with Crippen molar-refractivity contribution in [3.8, 4) is 0 Å². The number of carbonyl (C=O) groups is 2. The molecule has 2 aliphatic heterocycles. The van der Waals surface area contributed by atoms with E-state index in [4.69, 9.17) is 0 Å². The fourth-order valence-electron chi connectivity index (χ4n) is 6.16. The van der Waals surface area contributed by atoms with Crippen LogP contribution in [0.4, 0.5) is 5.69 Å². The second-order valence-electron chi connectivity index (χ2n) is 9.34. The molecule has 4 atom stereocenters. The predicted octanol–water partition coefficient (Wildman–Crippen LogP) is 3.38. The number of carbonyl (C=O) groups excluding carboxylic acids is 2. The summed E-state index contributed by atoms with van der Waals surface area (Å²) in [6, 6.07) is 7.75. The Hall–Kier alpha value is -2.04. The van der Waals surface area contributed by atoms with Crippen molar-refractivity contribution in [3.63, 3.8) is 0 Å². The first-order valence-corrected chi connectivity index (χ1v) is 10.5. The van der Waals surface area contributed by atoms with E-state index in [0.717, 1.165) is 62.9 Å². The Morgan fingerprint density at radius 2 is 1.93 bits per heavy atom. The third-order valence-electron chi connectivity index (χ3n) is 7.64. The highest BCUT2D eigenvalue weighted by atomic mass is 16.2. The first kappa shape index (κ1) is 17.1. The molecule has 27 heavy (non-hydrogen) atoms. The lowest BCUT2D eigenvalue weighted by Crippen LogP contribution is -2.70. The van der Waals surface area contributed by atoms with Crippen molar-refractivity contribution in [2.24, 2.45) is 17.3 Å². The monoisotopic (exact) mass is 367 g/mol. The highest BCUT2D eigenvalue weighted by molar-refractivity contribution is 6.02. The van der Waals surface area contributed by atoms with Crippen molar-refractivity contribution < 1.29 is 9.59 Å². The Balaban J connectivity index is 1.43. The molecule has 5 nitrogen and oxygen atoms in total. The molecule has 5 heteroatoms. The van der Waals surface area contributed by atoms with E-state index in [2.05, 4.69) is 22.5 Å². The third-order valence-corrected chi connectivity index (χ3v) is 7.64. The van der Waals surface area contributed by atoms with Gasteiger partial charge in [0.2, 0.25) is 5.91 Å². The molecule has 6 rings (SSSR count). The summed E-state index contributed by atoms with van der Waals surface area (Å²) in [7, 11) is 0. The number of nitrogens with zero attached hydrogens (tertiary/aromatic N) is 1. The number of fused-ring (bicyclic) bond motifs is 3. The number of anilines is 1. The first-order valence-electron chi connectivity index (χ1n) is 10.5. The molecule has 5 aliphatic rings. The minimum Gasteiger partial charge on any atom is -0.362 e. The van der Waals surface area contributed by atoms with E-state index in [1.807, 2.05) is 24.3 Å². The second-order valence-corrected chi connectivity index (χ2v) is 9.34. The van der Waals surface area contributed by atoms with Gasteiger partial charge in [-0.3, -0.25) is 9.59 Å². The lowest BCUT2D eigenvalue weighted by Gasteiger charge is -2.61. The lowest BCUT2D eigenvalue weighted by molar-refractivity contribution is -0.151. The van der Waals surface area contributed by atoms with Crippen molar-refractivity contribution in [2.75, 3.05) is 18.4 Å². The van der Waals surface area contributed by atoms with Crippen LogP contribution in [0.25, 0.3) is 0 Å². The van der Waals surface area contributed by atoms with Crippen molar-refractivity contribution in [3.05, 3.63) is 29.8 Å². The molecule has 2 heterocycles. The standard InChI is InChI=1S/C22H29N3O2/c1-21-10-9-15(13-17(21)20(27)25-11-5-2-6-12-25)22(14-21)23-18-8-4-3-7-16(18)19(26)24-22/h3-4,7-8,15,17,23H,2,5-6,9-14H2,1H3,(H,24,26)/t15-,17-,21-,22+/m0/s1. The molecule has 1 aromatic carbocycles. The maximum absolute atomic E-state index is 13.3. The summed E-state index contributed by atoms with van der Waals surface area (Å²) in [5, 5.41) is 6.99. The van der Waals surface area contributed by atoms with Gasteiger partial charge in [-0.05, 0) is 62.5 Å². The van der Waals surface area contributed by atoms with Gasteiger partial charge in [0.25, 0.3) is 5.91 Å². The number of rotatable bonds is 1. The summed E-state index contributed by atoms with van der Waals surface area (Å²) in [5.74, 6) is 0.768. The molecule has 1 saturated heterocycles.